The molecule has 0 fully saturated rings. The zero-order valence-electron chi connectivity index (χ0n) is 19.0. The van der Waals surface area contributed by atoms with Gasteiger partial charge in [-0.2, -0.15) is 0 Å². The van der Waals surface area contributed by atoms with Crippen molar-refractivity contribution in [1.29, 1.82) is 0 Å². The van der Waals surface area contributed by atoms with E-state index in [1.54, 1.807) is 36.4 Å². The summed E-state index contributed by atoms with van der Waals surface area (Å²) in [7, 11) is 0. The van der Waals surface area contributed by atoms with Crippen LogP contribution < -0.4 is 16.0 Å². The minimum absolute atomic E-state index is 0.0356. The SMILES string of the molecule is CCCCC(=O)Nc1cccc(NC(=S)NC(=O)/C=C/c2ccc(-c3ccc(C)c(Cl)c3)o2)c1. The van der Waals surface area contributed by atoms with Crippen LogP contribution in [0.25, 0.3) is 17.4 Å². The van der Waals surface area contributed by atoms with E-state index in [1.807, 2.05) is 38.1 Å². The van der Waals surface area contributed by atoms with Crippen molar-refractivity contribution >= 4 is 58.2 Å². The zero-order chi connectivity index (χ0) is 24.5. The van der Waals surface area contributed by atoms with Gasteiger partial charge in [-0.3, -0.25) is 14.9 Å². The Morgan fingerprint density at radius 2 is 1.82 bits per heavy atom. The lowest BCUT2D eigenvalue weighted by Crippen LogP contribution is -2.32. The summed E-state index contributed by atoms with van der Waals surface area (Å²) in [5, 5.41) is 9.18. The molecule has 0 aliphatic rings. The summed E-state index contributed by atoms with van der Waals surface area (Å²) in [4.78, 5) is 24.2. The van der Waals surface area contributed by atoms with Crippen LogP contribution in [0, 0.1) is 6.92 Å². The molecule has 3 rings (SSSR count). The Labute approximate surface area is 209 Å². The fraction of sp³-hybridized carbons (Fsp3) is 0.192. The number of halogens is 1. The first-order valence-corrected chi connectivity index (χ1v) is 11.7. The number of anilines is 2. The first-order valence-electron chi connectivity index (χ1n) is 10.9. The number of thiocarbonyl (C=S) groups is 1. The van der Waals surface area contributed by atoms with Crippen LogP contribution in [0.15, 0.2) is 65.1 Å². The molecule has 6 nitrogen and oxygen atoms in total. The second-order valence-corrected chi connectivity index (χ2v) is 8.49. The van der Waals surface area contributed by atoms with Crippen molar-refractivity contribution < 1.29 is 14.0 Å². The largest absolute Gasteiger partial charge is 0.457 e. The summed E-state index contributed by atoms with van der Waals surface area (Å²) in [6.07, 6.45) is 5.17. The summed E-state index contributed by atoms with van der Waals surface area (Å²) >= 11 is 11.4. The van der Waals surface area contributed by atoms with Gasteiger partial charge >= 0.3 is 0 Å². The van der Waals surface area contributed by atoms with E-state index in [4.69, 9.17) is 28.2 Å². The Morgan fingerprint density at radius 1 is 1.06 bits per heavy atom. The maximum atomic E-state index is 12.2. The number of rotatable bonds is 8. The third-order valence-electron chi connectivity index (χ3n) is 4.88. The van der Waals surface area contributed by atoms with Gasteiger partial charge in [-0.25, -0.2) is 0 Å². The van der Waals surface area contributed by atoms with E-state index in [-0.39, 0.29) is 11.0 Å². The molecule has 0 aliphatic heterocycles. The number of unbranched alkanes of at least 4 members (excludes halogenated alkanes) is 1. The van der Waals surface area contributed by atoms with Crippen molar-refractivity contribution in [2.24, 2.45) is 0 Å². The summed E-state index contributed by atoms with van der Waals surface area (Å²) in [5.41, 5.74) is 3.15. The topological polar surface area (TPSA) is 83.4 Å². The molecule has 176 valence electrons. The summed E-state index contributed by atoms with van der Waals surface area (Å²) in [5.74, 6) is 0.734. The fourth-order valence-corrected chi connectivity index (χ4v) is 3.45. The number of furan rings is 1. The lowest BCUT2D eigenvalue weighted by Gasteiger charge is -2.10. The molecule has 1 heterocycles. The second-order valence-electron chi connectivity index (χ2n) is 7.68. The van der Waals surface area contributed by atoms with Gasteiger partial charge in [0.25, 0.3) is 0 Å². The van der Waals surface area contributed by atoms with Crippen LogP contribution in [0.4, 0.5) is 11.4 Å². The standard InChI is InChI=1S/C26H26ClN3O3S/c1-3-4-8-24(31)28-19-6-5-7-20(16-19)29-26(34)30-25(32)14-12-21-11-13-23(33-21)18-10-9-17(2)22(27)15-18/h5-7,9-16H,3-4,8H2,1-2H3,(H,28,31)(H2,29,30,32,34)/b14-12+. The van der Waals surface area contributed by atoms with Gasteiger partial charge in [0.05, 0.1) is 0 Å². The van der Waals surface area contributed by atoms with Gasteiger partial charge < -0.3 is 15.1 Å². The van der Waals surface area contributed by atoms with E-state index < -0.39 is 5.91 Å². The van der Waals surface area contributed by atoms with Crippen LogP contribution >= 0.6 is 23.8 Å². The van der Waals surface area contributed by atoms with Crippen LogP contribution in [0.5, 0.6) is 0 Å². The van der Waals surface area contributed by atoms with Gasteiger partial charge in [0, 0.05) is 34.5 Å². The van der Waals surface area contributed by atoms with E-state index in [9.17, 15) is 9.59 Å². The Kier molecular flexibility index (Phi) is 9.01. The van der Waals surface area contributed by atoms with Gasteiger partial charge in [-0.15, -0.1) is 0 Å². The van der Waals surface area contributed by atoms with E-state index in [1.165, 1.54) is 6.08 Å². The molecule has 0 aliphatic carbocycles. The predicted octanol–water partition coefficient (Wildman–Crippen LogP) is 6.56. The Hall–Kier alpha value is -3.42. The van der Waals surface area contributed by atoms with Crippen LogP contribution in [0.3, 0.4) is 0 Å². The first kappa shape index (κ1) is 25.2. The Balaban J connectivity index is 1.53. The lowest BCUT2D eigenvalue weighted by molar-refractivity contribution is -0.116. The van der Waals surface area contributed by atoms with Gasteiger partial charge in [-0.05, 0) is 73.6 Å². The molecule has 8 heteroatoms. The average molecular weight is 496 g/mol. The Bertz CT molecular complexity index is 1220. The third-order valence-corrected chi connectivity index (χ3v) is 5.49. The normalized spacial score (nSPS) is 10.8. The van der Waals surface area contributed by atoms with Crippen molar-refractivity contribution in [3.63, 3.8) is 0 Å². The molecule has 0 spiro atoms. The summed E-state index contributed by atoms with van der Waals surface area (Å²) in [6, 6.07) is 16.4. The monoisotopic (exact) mass is 495 g/mol. The molecule has 34 heavy (non-hydrogen) atoms. The molecule has 2 aromatic carbocycles. The number of benzene rings is 2. The van der Waals surface area contributed by atoms with Gasteiger partial charge in [0.1, 0.15) is 11.5 Å². The minimum Gasteiger partial charge on any atom is -0.457 e. The van der Waals surface area contributed by atoms with Crippen LogP contribution in [0.1, 0.15) is 37.5 Å². The van der Waals surface area contributed by atoms with Crippen molar-refractivity contribution in [3.05, 3.63) is 77.0 Å². The molecule has 0 radical (unpaired) electrons. The molecule has 0 saturated heterocycles. The highest BCUT2D eigenvalue weighted by Crippen LogP contribution is 2.27. The van der Waals surface area contributed by atoms with Crippen molar-refractivity contribution in [2.45, 2.75) is 33.1 Å². The van der Waals surface area contributed by atoms with Crippen LogP contribution in [-0.4, -0.2) is 16.9 Å². The highest BCUT2D eigenvalue weighted by atomic mass is 35.5. The number of hydrogen-bond donors (Lipinski definition) is 3. The van der Waals surface area contributed by atoms with Gasteiger partial charge in [0.2, 0.25) is 11.8 Å². The Morgan fingerprint density at radius 3 is 2.56 bits per heavy atom. The van der Waals surface area contributed by atoms with Crippen LogP contribution in [-0.2, 0) is 9.59 Å². The maximum Gasteiger partial charge on any atom is 0.250 e. The van der Waals surface area contributed by atoms with Crippen molar-refractivity contribution in [2.75, 3.05) is 10.6 Å². The first-order chi connectivity index (χ1) is 16.3. The quantitative estimate of drug-likeness (QED) is 0.243. The molecule has 0 saturated carbocycles. The third kappa shape index (κ3) is 7.57. The molecule has 1 aromatic heterocycles. The molecule has 0 atom stereocenters. The fourth-order valence-electron chi connectivity index (χ4n) is 3.05. The molecule has 0 unspecified atom stereocenters. The number of carbonyl (C=O) groups excluding carboxylic acids is 2. The number of nitrogens with one attached hydrogen (secondary N) is 3. The molecule has 3 aromatic rings. The summed E-state index contributed by atoms with van der Waals surface area (Å²) < 4.78 is 5.78. The molecule has 3 N–H and O–H groups in total. The van der Waals surface area contributed by atoms with Crippen molar-refractivity contribution in [1.82, 2.24) is 5.32 Å². The van der Waals surface area contributed by atoms with E-state index in [2.05, 4.69) is 16.0 Å². The molecule has 0 bridgehead atoms. The summed E-state index contributed by atoms with van der Waals surface area (Å²) in [6.45, 7) is 3.97. The minimum atomic E-state index is -0.405. The smallest absolute Gasteiger partial charge is 0.250 e. The van der Waals surface area contributed by atoms with Gasteiger partial charge in [-0.1, -0.05) is 43.1 Å². The van der Waals surface area contributed by atoms with Crippen LogP contribution in [0.2, 0.25) is 5.02 Å². The molecule has 2 amide bonds. The average Bonchev–Trinajstić information content (AvgIpc) is 3.27. The van der Waals surface area contributed by atoms with E-state index in [0.717, 1.165) is 24.0 Å². The number of hydrogen-bond acceptors (Lipinski definition) is 4. The second kappa shape index (κ2) is 12.2. The van der Waals surface area contributed by atoms with E-state index in [0.29, 0.717) is 34.3 Å². The lowest BCUT2D eigenvalue weighted by atomic mass is 10.1. The predicted molar refractivity (Wildman–Crippen MR) is 142 cm³/mol. The molecular weight excluding hydrogens is 470 g/mol. The highest BCUT2D eigenvalue weighted by molar-refractivity contribution is 7.80. The van der Waals surface area contributed by atoms with Gasteiger partial charge in [0.15, 0.2) is 5.11 Å². The number of carbonyl (C=O) groups is 2. The number of amides is 2. The van der Waals surface area contributed by atoms with Crippen molar-refractivity contribution in [3.8, 4) is 11.3 Å². The zero-order valence-corrected chi connectivity index (χ0v) is 20.6. The van der Waals surface area contributed by atoms with E-state index >= 15 is 0 Å². The highest BCUT2D eigenvalue weighted by Gasteiger charge is 2.07. The maximum absolute atomic E-state index is 12.2. The molecular formula is C26H26ClN3O3S. The number of aryl methyl sites for hydroxylation is 1.